The number of esters is 1. The van der Waals surface area contributed by atoms with E-state index in [2.05, 4.69) is 5.32 Å². The van der Waals surface area contributed by atoms with Crippen molar-refractivity contribution >= 4 is 29.1 Å². The molecule has 1 aliphatic rings. The van der Waals surface area contributed by atoms with E-state index in [1.807, 2.05) is 11.4 Å². The number of amides is 2. The average Bonchev–Trinajstić information content (AvgIpc) is 3.13. The zero-order valence-electron chi connectivity index (χ0n) is 14.0. The Morgan fingerprint density at radius 1 is 1.38 bits per heavy atom. The van der Waals surface area contributed by atoms with Crippen LogP contribution in [0.25, 0.3) is 0 Å². The molecule has 0 aliphatic carbocycles. The smallest absolute Gasteiger partial charge is 0.305 e. The molecule has 1 aromatic heterocycles. The summed E-state index contributed by atoms with van der Waals surface area (Å²) < 4.78 is 4.85. The Kier molecular flexibility index (Phi) is 7.24. The lowest BCUT2D eigenvalue weighted by Crippen LogP contribution is -2.52. The molecule has 7 heteroatoms. The van der Waals surface area contributed by atoms with Crippen LogP contribution in [0.3, 0.4) is 0 Å². The molecular formula is C17H24N2O4S. The summed E-state index contributed by atoms with van der Waals surface area (Å²) in [6.45, 7) is 3.15. The molecule has 0 saturated carbocycles. The van der Waals surface area contributed by atoms with Gasteiger partial charge in [0.15, 0.2) is 0 Å². The Morgan fingerprint density at radius 3 is 2.92 bits per heavy atom. The lowest BCUT2D eigenvalue weighted by Gasteiger charge is -2.34. The number of carbonyl (C=O) groups is 3. The van der Waals surface area contributed by atoms with Crippen molar-refractivity contribution in [1.29, 1.82) is 0 Å². The van der Waals surface area contributed by atoms with E-state index in [1.54, 1.807) is 17.9 Å². The highest BCUT2D eigenvalue weighted by molar-refractivity contribution is 7.12. The van der Waals surface area contributed by atoms with Gasteiger partial charge in [-0.05, 0) is 44.1 Å². The number of piperidine rings is 1. The van der Waals surface area contributed by atoms with Crippen molar-refractivity contribution in [3.8, 4) is 0 Å². The quantitative estimate of drug-likeness (QED) is 0.603. The number of hydrogen-bond donors (Lipinski definition) is 1. The molecule has 1 N–H and O–H groups in total. The van der Waals surface area contributed by atoms with Gasteiger partial charge in [0.05, 0.1) is 11.5 Å². The molecule has 1 atom stereocenters. The van der Waals surface area contributed by atoms with Crippen molar-refractivity contribution in [3.63, 3.8) is 0 Å². The van der Waals surface area contributed by atoms with E-state index in [9.17, 15) is 14.4 Å². The molecule has 2 amide bonds. The predicted molar refractivity (Wildman–Crippen MR) is 91.9 cm³/mol. The van der Waals surface area contributed by atoms with E-state index >= 15 is 0 Å². The highest BCUT2D eigenvalue weighted by atomic mass is 32.1. The highest BCUT2D eigenvalue weighted by Crippen LogP contribution is 2.21. The van der Waals surface area contributed by atoms with Gasteiger partial charge >= 0.3 is 5.97 Å². The second kappa shape index (κ2) is 9.42. The summed E-state index contributed by atoms with van der Waals surface area (Å²) in [5, 5.41) is 4.71. The Labute approximate surface area is 146 Å². The molecule has 1 saturated heterocycles. The van der Waals surface area contributed by atoms with Gasteiger partial charge in [0, 0.05) is 19.5 Å². The molecule has 1 fully saturated rings. The van der Waals surface area contributed by atoms with E-state index < -0.39 is 6.04 Å². The standard InChI is InChI=1S/C17H24N2O4S/c1-2-23-15(20)9-5-10-18-16(21)13-7-3-4-11-19(13)17(22)14-8-6-12-24-14/h6,8,12-13H,2-5,7,9-11H2,1H3,(H,18,21). The molecular weight excluding hydrogens is 328 g/mol. The monoisotopic (exact) mass is 352 g/mol. The van der Waals surface area contributed by atoms with Crippen LogP contribution in [-0.4, -0.2) is 48.4 Å². The highest BCUT2D eigenvalue weighted by Gasteiger charge is 2.32. The molecule has 1 aliphatic heterocycles. The second-order valence-corrected chi connectivity index (χ2v) is 6.63. The zero-order chi connectivity index (χ0) is 17.4. The van der Waals surface area contributed by atoms with Crippen LogP contribution in [0.4, 0.5) is 0 Å². The van der Waals surface area contributed by atoms with Gasteiger partial charge in [-0.2, -0.15) is 0 Å². The maximum atomic E-state index is 12.6. The minimum atomic E-state index is -0.420. The summed E-state index contributed by atoms with van der Waals surface area (Å²) in [7, 11) is 0. The van der Waals surface area contributed by atoms with Crippen molar-refractivity contribution in [2.45, 2.75) is 45.1 Å². The number of hydrogen-bond acceptors (Lipinski definition) is 5. The number of carbonyl (C=O) groups excluding carboxylic acids is 3. The summed E-state index contributed by atoms with van der Waals surface area (Å²) in [5.74, 6) is -0.459. The predicted octanol–water partition coefficient (Wildman–Crippen LogP) is 2.20. The Bertz CT molecular complexity index is 559. The fraction of sp³-hybridized carbons (Fsp3) is 0.588. The first-order valence-corrected chi connectivity index (χ1v) is 9.29. The molecule has 6 nitrogen and oxygen atoms in total. The van der Waals surface area contributed by atoms with Gasteiger partial charge in [-0.3, -0.25) is 14.4 Å². The minimum Gasteiger partial charge on any atom is -0.466 e. The SMILES string of the molecule is CCOC(=O)CCCNC(=O)C1CCCCN1C(=O)c1cccs1. The van der Waals surface area contributed by atoms with E-state index in [0.717, 1.165) is 12.8 Å². The van der Waals surface area contributed by atoms with Crippen molar-refractivity contribution < 1.29 is 19.1 Å². The van der Waals surface area contributed by atoms with Gasteiger partial charge in [0.2, 0.25) is 5.91 Å². The van der Waals surface area contributed by atoms with Gasteiger partial charge < -0.3 is 15.0 Å². The number of thiophene rings is 1. The Balaban J connectivity index is 1.84. The van der Waals surface area contributed by atoms with Crippen LogP contribution in [0, 0.1) is 0 Å². The normalized spacial score (nSPS) is 17.4. The van der Waals surface area contributed by atoms with Crippen LogP contribution in [0.1, 0.15) is 48.7 Å². The van der Waals surface area contributed by atoms with E-state index in [0.29, 0.717) is 37.4 Å². The third-order valence-electron chi connectivity index (χ3n) is 3.96. The Morgan fingerprint density at radius 2 is 2.21 bits per heavy atom. The number of nitrogens with one attached hydrogen (secondary N) is 1. The molecule has 132 valence electrons. The van der Waals surface area contributed by atoms with E-state index in [-0.39, 0.29) is 24.2 Å². The van der Waals surface area contributed by atoms with Crippen LogP contribution in [0.5, 0.6) is 0 Å². The molecule has 24 heavy (non-hydrogen) atoms. The lowest BCUT2D eigenvalue weighted by molar-refractivity contribution is -0.143. The Hall–Kier alpha value is -1.89. The molecule has 2 rings (SSSR count). The first-order valence-electron chi connectivity index (χ1n) is 8.41. The van der Waals surface area contributed by atoms with E-state index in [1.165, 1.54) is 11.3 Å². The summed E-state index contributed by atoms with van der Waals surface area (Å²) in [6, 6.07) is 3.21. The van der Waals surface area contributed by atoms with E-state index in [4.69, 9.17) is 4.74 Å². The molecule has 0 spiro atoms. The van der Waals surface area contributed by atoms with Crippen molar-refractivity contribution in [2.75, 3.05) is 19.7 Å². The maximum Gasteiger partial charge on any atom is 0.305 e. The third-order valence-corrected chi connectivity index (χ3v) is 4.82. The van der Waals surface area contributed by atoms with Gasteiger partial charge in [-0.15, -0.1) is 11.3 Å². The number of ether oxygens (including phenoxy) is 1. The molecule has 2 heterocycles. The van der Waals surface area contributed by atoms with Crippen molar-refractivity contribution in [3.05, 3.63) is 22.4 Å². The third kappa shape index (κ3) is 5.06. The molecule has 0 radical (unpaired) electrons. The number of likely N-dealkylation sites (tertiary alicyclic amines) is 1. The van der Waals surface area contributed by atoms with Crippen molar-refractivity contribution in [2.24, 2.45) is 0 Å². The lowest BCUT2D eigenvalue weighted by atomic mass is 10.0. The summed E-state index contributed by atoms with van der Waals surface area (Å²) in [4.78, 5) is 38.6. The largest absolute Gasteiger partial charge is 0.466 e. The molecule has 0 aromatic carbocycles. The van der Waals surface area contributed by atoms with Crippen LogP contribution in [-0.2, 0) is 14.3 Å². The topological polar surface area (TPSA) is 75.7 Å². The van der Waals surface area contributed by atoms with Gasteiger partial charge in [0.25, 0.3) is 5.91 Å². The minimum absolute atomic E-state index is 0.0728. The van der Waals surface area contributed by atoms with Crippen molar-refractivity contribution in [1.82, 2.24) is 10.2 Å². The van der Waals surface area contributed by atoms with Gasteiger partial charge in [-0.25, -0.2) is 0 Å². The average molecular weight is 352 g/mol. The van der Waals surface area contributed by atoms with Gasteiger partial charge in [-0.1, -0.05) is 6.07 Å². The fourth-order valence-electron chi connectivity index (χ4n) is 2.78. The maximum absolute atomic E-state index is 12.6. The molecule has 0 bridgehead atoms. The second-order valence-electron chi connectivity index (χ2n) is 5.69. The van der Waals surface area contributed by atoms with Crippen LogP contribution in [0.2, 0.25) is 0 Å². The van der Waals surface area contributed by atoms with Crippen LogP contribution < -0.4 is 5.32 Å². The number of rotatable bonds is 7. The van der Waals surface area contributed by atoms with Crippen LogP contribution in [0.15, 0.2) is 17.5 Å². The molecule has 1 unspecified atom stereocenters. The number of nitrogens with zero attached hydrogens (tertiary/aromatic N) is 1. The zero-order valence-corrected chi connectivity index (χ0v) is 14.8. The first kappa shape index (κ1) is 18.4. The fourth-order valence-corrected chi connectivity index (χ4v) is 3.46. The summed E-state index contributed by atoms with van der Waals surface area (Å²) in [5.41, 5.74) is 0. The van der Waals surface area contributed by atoms with Gasteiger partial charge in [0.1, 0.15) is 6.04 Å². The molecule has 1 aromatic rings. The van der Waals surface area contributed by atoms with Crippen LogP contribution >= 0.6 is 11.3 Å². The summed E-state index contributed by atoms with van der Waals surface area (Å²) >= 11 is 1.39. The first-order chi connectivity index (χ1) is 11.6. The summed E-state index contributed by atoms with van der Waals surface area (Å²) in [6.07, 6.45) is 3.37.